The monoisotopic (exact) mass is 369 g/mol. The fourth-order valence-electron chi connectivity index (χ4n) is 3.10. The van der Waals surface area contributed by atoms with Crippen LogP contribution < -0.4 is 5.32 Å². The third kappa shape index (κ3) is 5.83. The fraction of sp³-hybridized carbons (Fsp3) is 0.737. The zero-order valence-corrected chi connectivity index (χ0v) is 17.4. The highest BCUT2D eigenvalue weighted by molar-refractivity contribution is 5.90. The molecule has 0 saturated carbocycles. The average Bonchev–Trinajstić information content (AvgIpc) is 2.57. The number of rotatable bonds is 10. The topological polar surface area (TPSA) is 90.0 Å². The molecule has 0 aromatic heterocycles. The Morgan fingerprint density at radius 1 is 1.12 bits per heavy atom. The van der Waals surface area contributed by atoms with Crippen molar-refractivity contribution in [2.24, 2.45) is 5.92 Å². The summed E-state index contributed by atoms with van der Waals surface area (Å²) in [5.74, 6) is -1.40. The van der Waals surface area contributed by atoms with Crippen molar-refractivity contribution in [3.63, 3.8) is 0 Å². The van der Waals surface area contributed by atoms with Gasteiger partial charge in [-0.3, -0.25) is 14.5 Å². The lowest BCUT2D eigenvalue weighted by Gasteiger charge is -2.37. The van der Waals surface area contributed by atoms with E-state index in [2.05, 4.69) is 5.32 Å². The molecule has 0 saturated heterocycles. The van der Waals surface area contributed by atoms with E-state index >= 15 is 0 Å². The molecule has 0 spiro atoms. The van der Waals surface area contributed by atoms with Gasteiger partial charge in [-0.2, -0.15) is 0 Å². The van der Waals surface area contributed by atoms with Crippen LogP contribution in [0.4, 0.5) is 0 Å². The molecule has 7 nitrogen and oxygen atoms in total. The quantitative estimate of drug-likeness (QED) is 0.573. The Morgan fingerprint density at radius 2 is 1.62 bits per heavy atom. The third-order valence-corrected chi connectivity index (χ3v) is 5.13. The van der Waals surface area contributed by atoms with Crippen molar-refractivity contribution < 1.29 is 19.5 Å². The van der Waals surface area contributed by atoms with Crippen LogP contribution in [0.1, 0.15) is 47.5 Å². The number of carboxylic acids is 1. The van der Waals surface area contributed by atoms with Gasteiger partial charge in [0.2, 0.25) is 11.8 Å². The second-order valence-electron chi connectivity index (χ2n) is 7.21. The molecule has 0 aliphatic heterocycles. The average molecular weight is 370 g/mol. The minimum atomic E-state index is -1.01. The molecule has 2 N–H and O–H groups in total. The Bertz CT molecular complexity index is 537. The summed E-state index contributed by atoms with van der Waals surface area (Å²) in [7, 11) is 5.34. The molecule has 0 heterocycles. The molecule has 0 fully saturated rings. The highest BCUT2D eigenvalue weighted by atomic mass is 16.4. The largest absolute Gasteiger partial charge is 0.478 e. The van der Waals surface area contributed by atoms with Crippen LogP contribution in [0.15, 0.2) is 11.6 Å². The van der Waals surface area contributed by atoms with Crippen molar-refractivity contribution in [3.05, 3.63) is 11.6 Å². The zero-order valence-electron chi connectivity index (χ0n) is 17.4. The third-order valence-electron chi connectivity index (χ3n) is 5.13. The van der Waals surface area contributed by atoms with Gasteiger partial charge in [-0.1, -0.05) is 33.8 Å². The Hall–Kier alpha value is -1.89. The van der Waals surface area contributed by atoms with Crippen LogP contribution in [-0.2, 0) is 14.4 Å². The van der Waals surface area contributed by atoms with Crippen molar-refractivity contribution in [2.45, 2.75) is 59.0 Å². The number of hydrogen-bond acceptors (Lipinski definition) is 4. The van der Waals surface area contributed by atoms with Gasteiger partial charge in [-0.15, -0.1) is 0 Å². The van der Waals surface area contributed by atoms with Gasteiger partial charge in [0, 0.05) is 12.6 Å². The van der Waals surface area contributed by atoms with Crippen LogP contribution in [0.25, 0.3) is 0 Å². The van der Waals surface area contributed by atoms with Gasteiger partial charge in [0.15, 0.2) is 0 Å². The van der Waals surface area contributed by atoms with E-state index in [4.69, 9.17) is 5.11 Å². The number of nitrogens with zero attached hydrogens (tertiary/aromatic N) is 2. The van der Waals surface area contributed by atoms with Gasteiger partial charge in [-0.05, 0) is 39.8 Å². The van der Waals surface area contributed by atoms with E-state index < -0.39 is 11.5 Å². The normalized spacial score (nSPS) is 13.7. The van der Waals surface area contributed by atoms with E-state index in [1.807, 2.05) is 46.7 Å². The summed E-state index contributed by atoms with van der Waals surface area (Å²) in [4.78, 5) is 39.6. The maximum atomic E-state index is 12.7. The molecule has 7 heteroatoms. The van der Waals surface area contributed by atoms with Crippen molar-refractivity contribution in [3.8, 4) is 0 Å². The maximum Gasteiger partial charge on any atom is 0.331 e. The van der Waals surface area contributed by atoms with Gasteiger partial charge in [0.25, 0.3) is 0 Å². The van der Waals surface area contributed by atoms with Crippen molar-refractivity contribution in [1.82, 2.24) is 15.1 Å². The standard InChI is InChI=1S/C19H35N3O4/c1-9-19(10-2,21(6)7)18(26)20-12-16(23)22(8)15(13(3)4)11-14(5)17(24)25/h11,13,15H,9-10,12H2,1-8H3,(H,20,26)(H,24,25)/t15-/m1/s1. The van der Waals surface area contributed by atoms with Crippen LogP contribution >= 0.6 is 0 Å². The molecule has 0 aromatic carbocycles. The summed E-state index contributed by atoms with van der Waals surface area (Å²) in [5, 5.41) is 11.8. The van der Waals surface area contributed by atoms with Crippen LogP contribution in [0.5, 0.6) is 0 Å². The summed E-state index contributed by atoms with van der Waals surface area (Å²) in [6.07, 6.45) is 2.86. The number of amides is 2. The minimum Gasteiger partial charge on any atom is -0.478 e. The Morgan fingerprint density at radius 3 is 1.96 bits per heavy atom. The van der Waals surface area contributed by atoms with Crippen molar-refractivity contribution in [2.75, 3.05) is 27.7 Å². The summed E-state index contributed by atoms with van der Waals surface area (Å²) >= 11 is 0. The number of carbonyl (C=O) groups excluding carboxylic acids is 2. The van der Waals surface area contributed by atoms with Gasteiger partial charge < -0.3 is 15.3 Å². The molecule has 0 aliphatic carbocycles. The molecular formula is C19H35N3O4. The van der Waals surface area contributed by atoms with Crippen LogP contribution in [0, 0.1) is 5.92 Å². The molecule has 2 amide bonds. The van der Waals surface area contributed by atoms with Gasteiger partial charge >= 0.3 is 5.97 Å². The molecule has 0 aromatic rings. The molecule has 0 aliphatic rings. The van der Waals surface area contributed by atoms with E-state index in [-0.39, 0.29) is 35.9 Å². The summed E-state index contributed by atoms with van der Waals surface area (Å²) in [6.45, 7) is 9.13. The maximum absolute atomic E-state index is 12.7. The lowest BCUT2D eigenvalue weighted by Crippen LogP contribution is -2.57. The summed E-state index contributed by atoms with van der Waals surface area (Å²) in [5.41, 5.74) is -0.452. The summed E-state index contributed by atoms with van der Waals surface area (Å²) in [6, 6.07) is -0.355. The van der Waals surface area contributed by atoms with Crippen LogP contribution in [0.2, 0.25) is 0 Å². The van der Waals surface area contributed by atoms with Crippen LogP contribution in [0.3, 0.4) is 0 Å². The predicted octanol–water partition coefficient (Wildman–Crippen LogP) is 1.74. The zero-order chi connectivity index (χ0) is 20.7. The lowest BCUT2D eigenvalue weighted by atomic mass is 9.90. The predicted molar refractivity (Wildman–Crippen MR) is 103 cm³/mol. The molecular weight excluding hydrogens is 334 g/mol. The lowest BCUT2D eigenvalue weighted by molar-refractivity contribution is -0.137. The highest BCUT2D eigenvalue weighted by Crippen LogP contribution is 2.21. The Kier molecular flexibility index (Phi) is 9.56. The SMILES string of the molecule is CCC(CC)(C(=O)NCC(=O)N(C)[C@H](C=C(C)C(=O)O)C(C)C)N(C)C. The molecule has 26 heavy (non-hydrogen) atoms. The van der Waals surface area contributed by atoms with Crippen LogP contribution in [-0.4, -0.2) is 72.0 Å². The van der Waals surface area contributed by atoms with Gasteiger partial charge in [0.1, 0.15) is 0 Å². The molecule has 1 atom stereocenters. The number of carboxylic acid groups (broad SMARTS) is 1. The smallest absolute Gasteiger partial charge is 0.331 e. The van der Waals surface area contributed by atoms with E-state index in [0.29, 0.717) is 12.8 Å². The number of likely N-dealkylation sites (N-methyl/N-ethyl adjacent to an activating group) is 2. The highest BCUT2D eigenvalue weighted by Gasteiger charge is 2.37. The second kappa shape index (κ2) is 10.3. The molecule has 0 radical (unpaired) electrons. The van der Waals surface area contributed by atoms with Gasteiger partial charge in [0.05, 0.1) is 18.1 Å². The molecule has 0 bridgehead atoms. The minimum absolute atomic E-state index is 0.0427. The molecule has 150 valence electrons. The number of aliphatic carboxylic acids is 1. The van der Waals surface area contributed by atoms with E-state index in [9.17, 15) is 14.4 Å². The van der Waals surface area contributed by atoms with Crippen molar-refractivity contribution in [1.29, 1.82) is 0 Å². The van der Waals surface area contributed by atoms with E-state index in [1.165, 1.54) is 11.8 Å². The van der Waals surface area contributed by atoms with Crippen molar-refractivity contribution >= 4 is 17.8 Å². The van der Waals surface area contributed by atoms with E-state index in [1.54, 1.807) is 13.1 Å². The first-order valence-electron chi connectivity index (χ1n) is 9.07. The number of carbonyl (C=O) groups is 3. The number of nitrogens with one attached hydrogen (secondary N) is 1. The summed E-state index contributed by atoms with van der Waals surface area (Å²) < 4.78 is 0. The Labute approximate surface area is 157 Å². The second-order valence-corrected chi connectivity index (χ2v) is 7.21. The van der Waals surface area contributed by atoms with E-state index in [0.717, 1.165) is 0 Å². The fourth-order valence-corrected chi connectivity index (χ4v) is 3.10. The first-order chi connectivity index (χ1) is 11.9. The molecule has 0 unspecified atom stereocenters. The van der Waals surface area contributed by atoms with Gasteiger partial charge in [-0.25, -0.2) is 4.79 Å². The number of hydrogen-bond donors (Lipinski definition) is 2. The molecule has 0 rings (SSSR count). The first kappa shape index (κ1) is 24.1. The Balaban J connectivity index is 5.17. The first-order valence-corrected chi connectivity index (χ1v) is 9.07.